The summed E-state index contributed by atoms with van der Waals surface area (Å²) in [7, 11) is 1.97. The molecule has 0 amide bonds. The van der Waals surface area contributed by atoms with Crippen LogP contribution in [0.5, 0.6) is 0 Å². The van der Waals surface area contributed by atoms with E-state index in [1.807, 2.05) is 41.4 Å². The second-order valence-electron chi connectivity index (χ2n) is 6.87. The first-order valence-electron chi connectivity index (χ1n) is 9.25. The molecular formula is C19H27N4O2S+. The maximum atomic E-state index is 12.0. The SMILES string of the molecule is CCOC(=O)[C@H]1CCC[NH+](Cn2nc(Cc3ccccc3)n(C)c2=S)C1. The van der Waals surface area contributed by atoms with E-state index < -0.39 is 0 Å². The van der Waals surface area contributed by atoms with Gasteiger partial charge in [-0.25, -0.2) is 0 Å². The van der Waals surface area contributed by atoms with Crippen LogP contribution in [0.25, 0.3) is 0 Å². The first-order valence-corrected chi connectivity index (χ1v) is 9.66. The third kappa shape index (κ3) is 4.40. The van der Waals surface area contributed by atoms with E-state index in [2.05, 4.69) is 12.1 Å². The van der Waals surface area contributed by atoms with Gasteiger partial charge in [-0.1, -0.05) is 30.3 Å². The summed E-state index contributed by atoms with van der Waals surface area (Å²) >= 11 is 5.58. The third-order valence-electron chi connectivity index (χ3n) is 4.95. The fraction of sp³-hybridized carbons (Fsp3) is 0.526. The van der Waals surface area contributed by atoms with Crippen molar-refractivity contribution in [3.05, 3.63) is 46.5 Å². The van der Waals surface area contributed by atoms with Crippen molar-refractivity contribution in [3.63, 3.8) is 0 Å². The summed E-state index contributed by atoms with van der Waals surface area (Å²) in [6.45, 7) is 4.80. The minimum Gasteiger partial charge on any atom is -0.466 e. The predicted octanol–water partition coefficient (Wildman–Crippen LogP) is 1.36. The summed E-state index contributed by atoms with van der Waals surface area (Å²) < 4.78 is 9.80. The lowest BCUT2D eigenvalue weighted by Crippen LogP contribution is -3.13. The molecule has 1 aliphatic rings. The number of aromatic nitrogens is 3. The Labute approximate surface area is 159 Å². The number of quaternary nitrogens is 1. The number of hydrogen-bond donors (Lipinski definition) is 1. The van der Waals surface area contributed by atoms with Gasteiger partial charge in [0, 0.05) is 13.5 Å². The molecule has 0 bridgehead atoms. The molecule has 1 saturated heterocycles. The number of hydrogen-bond acceptors (Lipinski definition) is 4. The fourth-order valence-corrected chi connectivity index (χ4v) is 3.75. The molecule has 3 rings (SSSR count). The van der Waals surface area contributed by atoms with E-state index in [0.29, 0.717) is 13.3 Å². The topological polar surface area (TPSA) is 53.5 Å². The number of nitrogens with zero attached hydrogens (tertiary/aromatic N) is 3. The van der Waals surface area contributed by atoms with E-state index in [4.69, 9.17) is 22.1 Å². The van der Waals surface area contributed by atoms with Crippen molar-refractivity contribution in [3.8, 4) is 0 Å². The summed E-state index contributed by atoms with van der Waals surface area (Å²) in [5.41, 5.74) is 1.22. The molecule has 6 nitrogen and oxygen atoms in total. The van der Waals surface area contributed by atoms with Crippen molar-refractivity contribution in [2.45, 2.75) is 32.9 Å². The van der Waals surface area contributed by atoms with Crippen LogP contribution in [0.4, 0.5) is 0 Å². The van der Waals surface area contributed by atoms with Gasteiger partial charge in [0.25, 0.3) is 0 Å². The second kappa shape index (κ2) is 8.60. The van der Waals surface area contributed by atoms with Crippen LogP contribution in [0.1, 0.15) is 31.2 Å². The van der Waals surface area contributed by atoms with Gasteiger partial charge in [0.05, 0.1) is 19.7 Å². The van der Waals surface area contributed by atoms with Gasteiger partial charge in [-0.15, -0.1) is 0 Å². The van der Waals surface area contributed by atoms with Crippen molar-refractivity contribution in [1.29, 1.82) is 0 Å². The number of carbonyl (C=O) groups excluding carboxylic acids is 1. The molecule has 1 aromatic heterocycles. The molecule has 2 aromatic rings. The number of likely N-dealkylation sites (tertiary alicyclic amines) is 1. The molecule has 1 fully saturated rings. The van der Waals surface area contributed by atoms with E-state index in [-0.39, 0.29) is 11.9 Å². The number of rotatable bonds is 6. The van der Waals surface area contributed by atoms with Crippen LogP contribution < -0.4 is 4.90 Å². The van der Waals surface area contributed by atoms with Crippen LogP contribution in [-0.2, 0) is 29.7 Å². The Morgan fingerprint density at radius 3 is 2.88 bits per heavy atom. The quantitative estimate of drug-likeness (QED) is 0.612. The summed E-state index contributed by atoms with van der Waals surface area (Å²) in [6.07, 6.45) is 2.69. The molecule has 2 atom stereocenters. The van der Waals surface area contributed by atoms with Crippen molar-refractivity contribution in [2.75, 3.05) is 19.7 Å². The zero-order chi connectivity index (χ0) is 18.5. The summed E-state index contributed by atoms with van der Waals surface area (Å²) in [5.74, 6) is 0.874. The van der Waals surface area contributed by atoms with Crippen molar-refractivity contribution < 1.29 is 14.4 Å². The molecule has 2 heterocycles. The van der Waals surface area contributed by atoms with E-state index in [1.165, 1.54) is 10.5 Å². The summed E-state index contributed by atoms with van der Waals surface area (Å²) in [4.78, 5) is 13.4. The third-order valence-corrected chi connectivity index (χ3v) is 5.43. The highest BCUT2D eigenvalue weighted by molar-refractivity contribution is 7.71. The van der Waals surface area contributed by atoms with E-state index in [1.54, 1.807) is 0 Å². The van der Waals surface area contributed by atoms with Gasteiger partial charge in [-0.05, 0) is 37.5 Å². The molecule has 1 N–H and O–H groups in total. The first-order chi connectivity index (χ1) is 12.6. The molecule has 0 aliphatic carbocycles. The van der Waals surface area contributed by atoms with Crippen LogP contribution in [0.15, 0.2) is 30.3 Å². The maximum Gasteiger partial charge on any atom is 0.314 e. The van der Waals surface area contributed by atoms with Crippen molar-refractivity contribution in [1.82, 2.24) is 14.3 Å². The minimum atomic E-state index is -0.0703. The van der Waals surface area contributed by atoms with Crippen LogP contribution in [0.3, 0.4) is 0 Å². The lowest BCUT2D eigenvalue weighted by atomic mass is 9.99. The lowest BCUT2D eigenvalue weighted by molar-refractivity contribution is -0.930. The molecule has 0 saturated carbocycles. The van der Waals surface area contributed by atoms with Gasteiger partial charge in [0.2, 0.25) is 4.77 Å². The van der Waals surface area contributed by atoms with Gasteiger partial charge in [0.1, 0.15) is 11.7 Å². The van der Waals surface area contributed by atoms with Gasteiger partial charge in [-0.3, -0.25) is 4.79 Å². The highest BCUT2D eigenvalue weighted by Crippen LogP contribution is 2.10. The Bertz CT molecular complexity index is 800. The molecule has 1 unspecified atom stereocenters. The predicted molar refractivity (Wildman–Crippen MR) is 101 cm³/mol. The van der Waals surface area contributed by atoms with Gasteiger partial charge in [0.15, 0.2) is 6.67 Å². The number of esters is 1. The minimum absolute atomic E-state index is 0.0135. The second-order valence-corrected chi connectivity index (χ2v) is 7.24. The van der Waals surface area contributed by atoms with Gasteiger partial charge < -0.3 is 14.2 Å². The number of ether oxygens (including phenoxy) is 1. The van der Waals surface area contributed by atoms with Crippen molar-refractivity contribution >= 4 is 18.2 Å². The van der Waals surface area contributed by atoms with Crippen LogP contribution in [0.2, 0.25) is 0 Å². The summed E-state index contributed by atoms with van der Waals surface area (Å²) in [6, 6.07) is 10.3. The smallest absolute Gasteiger partial charge is 0.314 e. The molecular weight excluding hydrogens is 348 g/mol. The molecule has 140 valence electrons. The van der Waals surface area contributed by atoms with Crippen LogP contribution in [-0.4, -0.2) is 40.0 Å². The molecule has 1 aliphatic heterocycles. The Kier molecular flexibility index (Phi) is 6.21. The fourth-order valence-electron chi connectivity index (χ4n) is 3.54. The highest BCUT2D eigenvalue weighted by Gasteiger charge is 2.30. The zero-order valence-electron chi connectivity index (χ0n) is 15.5. The monoisotopic (exact) mass is 375 g/mol. The van der Waals surface area contributed by atoms with Crippen molar-refractivity contribution in [2.24, 2.45) is 13.0 Å². The first kappa shape index (κ1) is 18.8. The van der Waals surface area contributed by atoms with Gasteiger partial charge >= 0.3 is 5.97 Å². The number of benzene rings is 1. The number of nitrogens with one attached hydrogen (secondary N) is 1. The number of carbonyl (C=O) groups is 1. The van der Waals surface area contributed by atoms with Gasteiger partial charge in [-0.2, -0.15) is 9.78 Å². The van der Waals surface area contributed by atoms with E-state index in [0.717, 1.165) is 42.9 Å². The average Bonchev–Trinajstić information content (AvgIpc) is 2.91. The molecule has 1 aromatic carbocycles. The highest BCUT2D eigenvalue weighted by atomic mass is 32.1. The standard InChI is InChI=1S/C19H26N4O2S/c1-3-25-18(24)16-10-7-11-22(13-16)14-23-19(26)21(2)17(20-23)12-15-8-5-4-6-9-15/h4-6,8-9,16H,3,7,10-14H2,1-2H3/p+1/t16-/m0/s1. The molecule has 7 heteroatoms. The maximum absolute atomic E-state index is 12.0. The number of piperidine rings is 1. The van der Waals surface area contributed by atoms with E-state index >= 15 is 0 Å². The molecule has 0 radical (unpaired) electrons. The Morgan fingerprint density at radius 1 is 1.38 bits per heavy atom. The Hall–Kier alpha value is -1.99. The summed E-state index contributed by atoms with van der Waals surface area (Å²) in [5, 5.41) is 4.74. The normalized spacial score (nSPS) is 20.1. The molecule has 26 heavy (non-hydrogen) atoms. The Balaban J connectivity index is 1.69. The lowest BCUT2D eigenvalue weighted by Gasteiger charge is -2.28. The van der Waals surface area contributed by atoms with Crippen LogP contribution >= 0.6 is 12.2 Å². The molecule has 0 spiro atoms. The Morgan fingerprint density at radius 2 is 2.15 bits per heavy atom. The largest absolute Gasteiger partial charge is 0.466 e. The van der Waals surface area contributed by atoms with E-state index in [9.17, 15) is 4.79 Å². The van der Waals surface area contributed by atoms with Crippen LogP contribution in [0, 0.1) is 10.7 Å². The zero-order valence-corrected chi connectivity index (χ0v) is 16.3. The average molecular weight is 376 g/mol.